The summed E-state index contributed by atoms with van der Waals surface area (Å²) in [5.74, 6) is -1.61. The van der Waals surface area contributed by atoms with E-state index in [0.29, 0.717) is 11.4 Å². The number of aromatic nitrogens is 5. The minimum absolute atomic E-state index is 0.0333. The van der Waals surface area contributed by atoms with Gasteiger partial charge in [0.1, 0.15) is 17.8 Å². The molecule has 178 valence electrons. The van der Waals surface area contributed by atoms with Gasteiger partial charge in [0.2, 0.25) is 5.76 Å². The summed E-state index contributed by atoms with van der Waals surface area (Å²) >= 11 is 0. The Morgan fingerprint density at radius 2 is 1.91 bits per heavy atom. The Labute approximate surface area is 196 Å². The average Bonchev–Trinajstić information content (AvgIpc) is 3.33. The summed E-state index contributed by atoms with van der Waals surface area (Å²) < 4.78 is 44.2. The van der Waals surface area contributed by atoms with Crippen molar-refractivity contribution in [2.45, 2.75) is 25.9 Å². The summed E-state index contributed by atoms with van der Waals surface area (Å²) in [6.07, 6.45) is 1.16. The Balaban J connectivity index is 1.38. The largest absolute Gasteiger partial charge is 0.416 e. The van der Waals surface area contributed by atoms with Gasteiger partial charge in [-0.25, -0.2) is 15.0 Å². The van der Waals surface area contributed by atoms with E-state index >= 15 is 0 Å². The molecule has 0 spiro atoms. The first-order valence-corrected chi connectivity index (χ1v) is 10.3. The molecule has 0 aromatic carbocycles. The molecule has 0 saturated carbocycles. The van der Waals surface area contributed by atoms with Crippen LogP contribution in [0, 0.1) is 6.92 Å². The van der Waals surface area contributed by atoms with Gasteiger partial charge in [-0.2, -0.15) is 13.2 Å². The van der Waals surface area contributed by atoms with Crippen molar-refractivity contribution in [3.63, 3.8) is 0 Å². The van der Waals surface area contributed by atoms with Crippen LogP contribution in [0.4, 0.5) is 19.0 Å². The number of amides is 1. The van der Waals surface area contributed by atoms with Gasteiger partial charge in [-0.1, -0.05) is 5.16 Å². The number of halogens is 3. The molecule has 0 radical (unpaired) electrons. The molecule has 1 N–H and O–H groups in total. The van der Waals surface area contributed by atoms with Crippen molar-refractivity contribution >= 4 is 17.5 Å². The number of aryl methyl sites for hydroxylation is 2. The fraction of sp³-hybridized carbons (Fsp3) is 0.174. The number of carbonyl (C=O) groups is 2. The van der Waals surface area contributed by atoms with E-state index in [1.807, 2.05) is 6.07 Å². The lowest BCUT2D eigenvalue weighted by atomic mass is 10.1. The zero-order valence-electron chi connectivity index (χ0n) is 18.2. The first-order chi connectivity index (χ1) is 16.7. The molecular formula is C23H17F3N6O3. The highest BCUT2D eigenvalue weighted by molar-refractivity contribution is 6.01. The molecule has 0 fully saturated rings. The quantitative estimate of drug-likeness (QED) is 0.387. The van der Waals surface area contributed by atoms with Gasteiger partial charge in [0.15, 0.2) is 5.78 Å². The predicted octanol–water partition coefficient (Wildman–Crippen LogP) is 4.32. The molecular weight excluding hydrogens is 465 g/mol. The lowest BCUT2D eigenvalue weighted by Gasteiger charge is -2.11. The van der Waals surface area contributed by atoms with Gasteiger partial charge in [-0.05, 0) is 36.8 Å². The fourth-order valence-corrected chi connectivity index (χ4v) is 3.16. The lowest BCUT2D eigenvalue weighted by Crippen LogP contribution is -2.14. The van der Waals surface area contributed by atoms with Gasteiger partial charge in [-0.3, -0.25) is 14.6 Å². The highest BCUT2D eigenvalue weighted by Gasteiger charge is 2.33. The minimum Gasteiger partial charge on any atom is -0.351 e. The molecule has 1 amide bonds. The number of carbonyl (C=O) groups excluding carboxylic acids is 2. The number of nitrogens with one attached hydrogen (secondary N) is 1. The summed E-state index contributed by atoms with van der Waals surface area (Å²) in [6.45, 7) is 1.27. The molecule has 0 bridgehead atoms. The number of nitrogens with zero attached hydrogens (tertiary/aromatic N) is 5. The van der Waals surface area contributed by atoms with E-state index in [4.69, 9.17) is 4.52 Å². The molecule has 0 aliphatic rings. The highest BCUT2D eigenvalue weighted by Crippen LogP contribution is 2.32. The van der Waals surface area contributed by atoms with Gasteiger partial charge < -0.3 is 9.84 Å². The number of anilines is 1. The molecule has 35 heavy (non-hydrogen) atoms. The predicted molar refractivity (Wildman–Crippen MR) is 116 cm³/mol. The number of rotatable bonds is 7. The zero-order valence-corrected chi connectivity index (χ0v) is 18.2. The summed E-state index contributed by atoms with van der Waals surface area (Å²) in [7, 11) is 0. The zero-order chi connectivity index (χ0) is 25.0. The van der Waals surface area contributed by atoms with Gasteiger partial charge >= 0.3 is 6.18 Å². The number of alkyl halides is 3. The summed E-state index contributed by atoms with van der Waals surface area (Å²) in [5.41, 5.74) is 0.843. The number of hydrogen-bond acceptors (Lipinski definition) is 8. The van der Waals surface area contributed by atoms with Crippen LogP contribution in [0.3, 0.4) is 0 Å². The Hall–Kier alpha value is -4.48. The van der Waals surface area contributed by atoms with Crippen molar-refractivity contribution in [1.82, 2.24) is 25.1 Å². The number of pyridine rings is 2. The Morgan fingerprint density at radius 3 is 2.66 bits per heavy atom. The van der Waals surface area contributed by atoms with E-state index in [9.17, 15) is 22.8 Å². The Bertz CT molecular complexity index is 1370. The Morgan fingerprint density at radius 1 is 1.09 bits per heavy atom. The molecule has 12 heteroatoms. The monoisotopic (exact) mass is 482 g/mol. The number of Topliss-reactive ketones (excluding diaryl/α,β-unsaturated/α-hetero) is 1. The molecule has 4 aromatic rings. The first-order valence-electron chi connectivity index (χ1n) is 10.3. The van der Waals surface area contributed by atoms with Gasteiger partial charge in [0.05, 0.1) is 17.0 Å². The molecule has 4 heterocycles. The van der Waals surface area contributed by atoms with Crippen LogP contribution >= 0.6 is 0 Å². The van der Waals surface area contributed by atoms with Gasteiger partial charge in [0.25, 0.3) is 5.91 Å². The second-order valence-corrected chi connectivity index (χ2v) is 7.47. The van der Waals surface area contributed by atoms with Gasteiger partial charge in [0, 0.05) is 43.1 Å². The summed E-state index contributed by atoms with van der Waals surface area (Å²) in [5, 5.41) is 6.00. The van der Waals surface area contributed by atoms with Crippen LogP contribution < -0.4 is 5.32 Å². The molecule has 4 aromatic heterocycles. The third-order valence-electron chi connectivity index (χ3n) is 4.95. The van der Waals surface area contributed by atoms with Crippen LogP contribution in [0.1, 0.15) is 44.3 Å². The smallest absolute Gasteiger partial charge is 0.351 e. The van der Waals surface area contributed by atoms with E-state index in [1.165, 1.54) is 19.3 Å². The van der Waals surface area contributed by atoms with Crippen molar-refractivity contribution in [2.24, 2.45) is 0 Å². The van der Waals surface area contributed by atoms with Crippen molar-refractivity contribution in [3.05, 3.63) is 83.5 Å². The summed E-state index contributed by atoms with van der Waals surface area (Å²) in [4.78, 5) is 40.9. The molecule has 0 saturated heterocycles. The maximum absolute atomic E-state index is 13.1. The normalized spacial score (nSPS) is 11.3. The van der Waals surface area contributed by atoms with Crippen molar-refractivity contribution in [1.29, 1.82) is 0 Å². The number of ketones is 1. The molecule has 0 unspecified atom stereocenters. The molecule has 4 rings (SSSR count). The maximum atomic E-state index is 13.1. The minimum atomic E-state index is -4.58. The van der Waals surface area contributed by atoms with Crippen LogP contribution in [0.25, 0.3) is 11.3 Å². The standard InChI is InChI=1S/C23H17F3N6O3/c1-13-10-28-21(8-16(13)23(24,25)26)31-22(34)20-7-15(32-35-20)4-5-19(33)18-9-17(29-12-30-18)14-3-2-6-27-11-14/h2-3,6-12H,4-5H2,1H3,(H,28,31,34). The van der Waals surface area contributed by atoms with E-state index in [0.717, 1.165) is 17.8 Å². The van der Waals surface area contributed by atoms with E-state index in [2.05, 4.69) is 30.4 Å². The third-order valence-corrected chi connectivity index (χ3v) is 4.95. The maximum Gasteiger partial charge on any atom is 0.416 e. The van der Waals surface area contributed by atoms with Crippen LogP contribution in [0.2, 0.25) is 0 Å². The summed E-state index contributed by atoms with van der Waals surface area (Å²) in [6, 6.07) is 7.17. The van der Waals surface area contributed by atoms with Crippen LogP contribution in [-0.2, 0) is 12.6 Å². The highest BCUT2D eigenvalue weighted by atomic mass is 19.4. The SMILES string of the molecule is Cc1cnc(NC(=O)c2cc(CCC(=O)c3cc(-c4cccnc4)ncn3)no2)cc1C(F)(F)F. The molecule has 9 nitrogen and oxygen atoms in total. The molecule has 0 atom stereocenters. The first kappa shape index (κ1) is 23.7. The van der Waals surface area contributed by atoms with Crippen molar-refractivity contribution < 1.29 is 27.3 Å². The molecule has 0 aliphatic carbocycles. The fourth-order valence-electron chi connectivity index (χ4n) is 3.16. The number of hydrogen-bond donors (Lipinski definition) is 1. The van der Waals surface area contributed by atoms with Crippen LogP contribution in [-0.4, -0.2) is 36.8 Å². The van der Waals surface area contributed by atoms with E-state index in [-0.39, 0.29) is 41.5 Å². The van der Waals surface area contributed by atoms with Crippen molar-refractivity contribution in [2.75, 3.05) is 5.32 Å². The van der Waals surface area contributed by atoms with E-state index < -0.39 is 17.6 Å². The average molecular weight is 482 g/mol. The third kappa shape index (κ3) is 5.72. The molecule has 0 aliphatic heterocycles. The second-order valence-electron chi connectivity index (χ2n) is 7.47. The van der Waals surface area contributed by atoms with Crippen molar-refractivity contribution in [3.8, 4) is 11.3 Å². The van der Waals surface area contributed by atoms with E-state index in [1.54, 1.807) is 24.5 Å². The lowest BCUT2D eigenvalue weighted by molar-refractivity contribution is -0.138. The van der Waals surface area contributed by atoms with Gasteiger partial charge in [-0.15, -0.1) is 0 Å². The Kier molecular flexibility index (Phi) is 6.62. The van der Waals surface area contributed by atoms with Crippen LogP contribution in [0.5, 0.6) is 0 Å². The topological polar surface area (TPSA) is 124 Å². The second kappa shape index (κ2) is 9.79. The van der Waals surface area contributed by atoms with Crippen LogP contribution in [0.15, 0.2) is 59.8 Å².